The smallest absolute Gasteiger partial charge is 0.340 e. The number of hydrogen-bond donors (Lipinski definition) is 3. The lowest BCUT2D eigenvalue weighted by molar-refractivity contribution is 0.0222. The second-order valence-electron chi connectivity index (χ2n) is 13.0. The van der Waals surface area contributed by atoms with Gasteiger partial charge in [-0.25, -0.2) is 4.79 Å². The SMILES string of the molecule is O=C(NC1CCN(C2(c3ccccc3)CCCCC2)CC1)c1ccc2c(c1)C(=O)OC21c2ccc(O)cc2Oc2cc(O)ccc21. The van der Waals surface area contributed by atoms with Crippen LogP contribution in [0.3, 0.4) is 0 Å². The molecule has 46 heavy (non-hydrogen) atoms. The number of phenols is 2. The highest BCUT2D eigenvalue weighted by Gasteiger charge is 2.54. The van der Waals surface area contributed by atoms with Gasteiger partial charge in [-0.15, -0.1) is 0 Å². The van der Waals surface area contributed by atoms with Crippen molar-refractivity contribution in [1.29, 1.82) is 0 Å². The van der Waals surface area contributed by atoms with Crippen LogP contribution in [0.15, 0.2) is 84.9 Å². The van der Waals surface area contributed by atoms with E-state index in [1.165, 1.54) is 61.9 Å². The summed E-state index contributed by atoms with van der Waals surface area (Å²) in [5.41, 5.74) is 2.48. The number of likely N-dealkylation sites (tertiary alicyclic amines) is 1. The Hall–Kier alpha value is -4.82. The Balaban J connectivity index is 1.04. The minimum Gasteiger partial charge on any atom is -0.508 e. The van der Waals surface area contributed by atoms with Crippen molar-refractivity contribution in [2.24, 2.45) is 0 Å². The first-order chi connectivity index (χ1) is 22.4. The van der Waals surface area contributed by atoms with Crippen LogP contribution >= 0.6 is 0 Å². The van der Waals surface area contributed by atoms with Crippen molar-refractivity contribution >= 4 is 11.9 Å². The van der Waals surface area contributed by atoms with Crippen molar-refractivity contribution in [3.05, 3.63) is 118 Å². The van der Waals surface area contributed by atoms with Gasteiger partial charge in [0, 0.05) is 59.1 Å². The second kappa shape index (κ2) is 10.9. The fourth-order valence-electron chi connectivity index (χ4n) is 8.24. The number of amides is 1. The van der Waals surface area contributed by atoms with Gasteiger partial charge in [0.1, 0.15) is 23.0 Å². The number of hydrogen-bond acceptors (Lipinski definition) is 7. The van der Waals surface area contributed by atoms with Gasteiger partial charge < -0.3 is 25.0 Å². The van der Waals surface area contributed by atoms with Crippen molar-refractivity contribution in [3.63, 3.8) is 0 Å². The molecule has 4 aliphatic rings. The third kappa shape index (κ3) is 4.46. The highest BCUT2D eigenvalue weighted by Crippen LogP contribution is 2.57. The Kier molecular flexibility index (Phi) is 6.79. The molecule has 1 spiro atoms. The standard InChI is InChI=1S/C38H36N2O6/c41-27-10-13-31-33(22-27)45-34-23-28(42)11-14-32(34)38(31)30-12-9-24(21-29(30)36(44)46-38)35(43)39-26-15-19-40(20-16-26)37(17-5-2-6-18-37)25-7-3-1-4-8-25/h1,3-4,7-14,21-23,26,41-42H,2,5-6,15-20H2,(H,39,43). The van der Waals surface area contributed by atoms with Crippen molar-refractivity contribution in [2.45, 2.75) is 62.1 Å². The number of ether oxygens (including phenoxy) is 2. The van der Waals surface area contributed by atoms with Crippen LogP contribution in [0.25, 0.3) is 0 Å². The highest BCUT2D eigenvalue weighted by atomic mass is 16.6. The number of esters is 1. The van der Waals surface area contributed by atoms with Gasteiger partial charge in [0.2, 0.25) is 0 Å². The number of aromatic hydroxyl groups is 2. The first-order valence-electron chi connectivity index (χ1n) is 16.2. The van der Waals surface area contributed by atoms with E-state index in [1.807, 2.05) is 0 Å². The minimum absolute atomic E-state index is 0.00567. The zero-order valence-electron chi connectivity index (χ0n) is 25.5. The molecular formula is C38H36N2O6. The van der Waals surface area contributed by atoms with Crippen LogP contribution in [0.2, 0.25) is 0 Å². The molecule has 0 unspecified atom stereocenters. The summed E-state index contributed by atoms with van der Waals surface area (Å²) in [4.78, 5) is 29.7. The van der Waals surface area contributed by atoms with E-state index < -0.39 is 11.6 Å². The molecule has 3 heterocycles. The number of carbonyl (C=O) groups is 2. The molecule has 1 saturated carbocycles. The molecule has 1 saturated heterocycles. The molecule has 8 heteroatoms. The average molecular weight is 617 g/mol. The van der Waals surface area contributed by atoms with Crippen LogP contribution in [0.5, 0.6) is 23.0 Å². The van der Waals surface area contributed by atoms with E-state index in [9.17, 15) is 19.8 Å². The van der Waals surface area contributed by atoms with Crippen LogP contribution in [0.1, 0.15) is 87.9 Å². The Bertz CT molecular complexity index is 1790. The van der Waals surface area contributed by atoms with Crippen molar-refractivity contribution in [2.75, 3.05) is 13.1 Å². The molecule has 8 rings (SSSR count). The Labute approximate surface area is 267 Å². The topological polar surface area (TPSA) is 108 Å². The molecule has 1 aliphatic carbocycles. The molecule has 3 N–H and O–H groups in total. The zero-order chi connectivity index (χ0) is 31.5. The fraction of sp³-hybridized carbons (Fsp3) is 0.316. The third-order valence-electron chi connectivity index (χ3n) is 10.5. The summed E-state index contributed by atoms with van der Waals surface area (Å²) >= 11 is 0. The summed E-state index contributed by atoms with van der Waals surface area (Å²) in [5.74, 6) is -0.157. The summed E-state index contributed by atoms with van der Waals surface area (Å²) in [6.45, 7) is 1.84. The summed E-state index contributed by atoms with van der Waals surface area (Å²) in [5, 5.41) is 23.6. The first-order valence-corrected chi connectivity index (χ1v) is 16.2. The van der Waals surface area contributed by atoms with E-state index in [4.69, 9.17) is 9.47 Å². The van der Waals surface area contributed by atoms with E-state index in [0.29, 0.717) is 39.3 Å². The molecule has 3 aliphatic heterocycles. The molecule has 0 radical (unpaired) electrons. The predicted octanol–water partition coefficient (Wildman–Crippen LogP) is 6.72. The highest BCUT2D eigenvalue weighted by molar-refractivity contribution is 6.01. The number of phenolic OH excluding ortho intramolecular Hbond substituents is 2. The summed E-state index contributed by atoms with van der Waals surface area (Å²) in [6, 6.07) is 25.4. The van der Waals surface area contributed by atoms with Gasteiger partial charge in [-0.1, -0.05) is 55.7 Å². The normalized spacial score (nSPS) is 19.8. The van der Waals surface area contributed by atoms with Crippen LogP contribution in [-0.2, 0) is 15.9 Å². The molecule has 8 nitrogen and oxygen atoms in total. The van der Waals surface area contributed by atoms with E-state index in [0.717, 1.165) is 25.9 Å². The molecular weight excluding hydrogens is 580 g/mol. The van der Waals surface area contributed by atoms with Crippen LogP contribution in [0, 0.1) is 0 Å². The maximum Gasteiger partial charge on any atom is 0.340 e. The molecule has 0 atom stereocenters. The van der Waals surface area contributed by atoms with Crippen molar-refractivity contribution in [1.82, 2.24) is 10.2 Å². The quantitative estimate of drug-likeness (QED) is 0.219. The van der Waals surface area contributed by atoms with Gasteiger partial charge in [-0.3, -0.25) is 9.69 Å². The van der Waals surface area contributed by atoms with Gasteiger partial charge in [0.25, 0.3) is 5.91 Å². The average Bonchev–Trinajstić information content (AvgIpc) is 3.37. The Morgan fingerprint density at radius 1 is 0.783 bits per heavy atom. The van der Waals surface area contributed by atoms with Crippen LogP contribution < -0.4 is 10.1 Å². The Morgan fingerprint density at radius 3 is 2.07 bits per heavy atom. The second-order valence-corrected chi connectivity index (χ2v) is 13.0. The molecule has 0 aromatic heterocycles. The number of benzene rings is 4. The third-order valence-corrected chi connectivity index (χ3v) is 10.5. The van der Waals surface area contributed by atoms with Gasteiger partial charge in [-0.2, -0.15) is 0 Å². The van der Waals surface area contributed by atoms with E-state index in [-0.39, 0.29) is 29.0 Å². The molecule has 2 fully saturated rings. The molecule has 234 valence electrons. The van der Waals surface area contributed by atoms with Gasteiger partial charge >= 0.3 is 5.97 Å². The lowest BCUT2D eigenvalue weighted by Gasteiger charge is -2.49. The number of carbonyl (C=O) groups excluding carboxylic acids is 2. The van der Waals surface area contributed by atoms with Gasteiger partial charge in [0.05, 0.1) is 5.56 Å². The van der Waals surface area contributed by atoms with Crippen molar-refractivity contribution in [3.8, 4) is 23.0 Å². The lowest BCUT2D eigenvalue weighted by Crippen LogP contribution is -2.53. The van der Waals surface area contributed by atoms with Crippen LogP contribution in [-0.4, -0.2) is 46.1 Å². The minimum atomic E-state index is -1.35. The number of piperidine rings is 1. The van der Waals surface area contributed by atoms with Gasteiger partial charge in [-0.05, 0) is 67.6 Å². The summed E-state index contributed by atoms with van der Waals surface area (Å²) in [7, 11) is 0. The maximum atomic E-state index is 13.6. The monoisotopic (exact) mass is 616 g/mol. The van der Waals surface area contributed by atoms with Crippen molar-refractivity contribution < 1.29 is 29.3 Å². The lowest BCUT2D eigenvalue weighted by atomic mass is 9.74. The van der Waals surface area contributed by atoms with Gasteiger partial charge in [0.15, 0.2) is 5.60 Å². The maximum absolute atomic E-state index is 13.6. The molecule has 1 amide bonds. The predicted molar refractivity (Wildman–Crippen MR) is 171 cm³/mol. The number of nitrogens with one attached hydrogen (secondary N) is 1. The molecule has 4 aromatic carbocycles. The first kappa shape index (κ1) is 28.6. The fourth-order valence-corrected chi connectivity index (χ4v) is 8.24. The Morgan fingerprint density at radius 2 is 1.41 bits per heavy atom. The largest absolute Gasteiger partial charge is 0.508 e. The van der Waals surface area contributed by atoms with E-state index in [2.05, 4.69) is 40.5 Å². The number of fused-ring (bicyclic) bond motifs is 6. The van der Waals surface area contributed by atoms with Crippen LogP contribution in [0.4, 0.5) is 0 Å². The van der Waals surface area contributed by atoms with E-state index >= 15 is 0 Å². The number of rotatable bonds is 4. The molecule has 0 bridgehead atoms. The summed E-state index contributed by atoms with van der Waals surface area (Å²) in [6.07, 6.45) is 7.84. The number of nitrogens with zero attached hydrogens (tertiary/aromatic N) is 1. The van der Waals surface area contributed by atoms with E-state index in [1.54, 1.807) is 30.3 Å². The molecule has 4 aromatic rings. The zero-order valence-corrected chi connectivity index (χ0v) is 25.5. The summed E-state index contributed by atoms with van der Waals surface area (Å²) < 4.78 is 12.2.